The number of hydrogen-bond donors (Lipinski definition) is 0. The van der Waals surface area contributed by atoms with Crippen molar-refractivity contribution >= 4 is 17.3 Å². The number of anilines is 1. The fraction of sp³-hybridized carbons (Fsp3) is 0.500. The molecular weight excluding hydrogens is 200 g/mol. The molecule has 3 heterocycles. The van der Waals surface area contributed by atoms with E-state index in [1.807, 2.05) is 12.1 Å². The van der Waals surface area contributed by atoms with Gasteiger partial charge in [0, 0.05) is 18.4 Å². The SMILES string of the molecule is Clc1cc(N2CC3CC2CO3)ccn1. The Morgan fingerprint density at radius 3 is 3.14 bits per heavy atom. The van der Waals surface area contributed by atoms with Gasteiger partial charge in [-0.05, 0) is 18.6 Å². The van der Waals surface area contributed by atoms with Gasteiger partial charge < -0.3 is 9.64 Å². The molecule has 0 radical (unpaired) electrons. The van der Waals surface area contributed by atoms with Crippen molar-refractivity contribution in [1.82, 2.24) is 4.98 Å². The first-order valence-electron chi connectivity index (χ1n) is 4.83. The number of morpholine rings is 1. The normalized spacial score (nSPS) is 29.9. The highest BCUT2D eigenvalue weighted by molar-refractivity contribution is 6.29. The number of fused-ring (bicyclic) bond motifs is 2. The molecule has 2 aliphatic rings. The number of pyridine rings is 1. The lowest BCUT2D eigenvalue weighted by atomic mass is 10.2. The van der Waals surface area contributed by atoms with Crippen LogP contribution in [-0.4, -0.2) is 30.3 Å². The van der Waals surface area contributed by atoms with Crippen LogP contribution in [-0.2, 0) is 4.74 Å². The maximum atomic E-state index is 5.86. The van der Waals surface area contributed by atoms with Crippen molar-refractivity contribution in [3.05, 3.63) is 23.5 Å². The molecule has 2 aliphatic heterocycles. The number of aromatic nitrogens is 1. The zero-order valence-electron chi connectivity index (χ0n) is 7.69. The van der Waals surface area contributed by atoms with E-state index in [4.69, 9.17) is 16.3 Å². The molecular formula is C10H11ClN2O. The van der Waals surface area contributed by atoms with E-state index in [0.717, 1.165) is 19.6 Å². The van der Waals surface area contributed by atoms with Gasteiger partial charge >= 0.3 is 0 Å². The first kappa shape index (κ1) is 8.50. The molecule has 0 saturated carbocycles. The summed E-state index contributed by atoms with van der Waals surface area (Å²) in [6.45, 7) is 1.84. The van der Waals surface area contributed by atoms with Crippen molar-refractivity contribution in [3.63, 3.8) is 0 Å². The average Bonchev–Trinajstić information content (AvgIpc) is 2.78. The number of halogens is 1. The predicted octanol–water partition coefficient (Wildman–Crippen LogP) is 1.71. The van der Waals surface area contributed by atoms with E-state index >= 15 is 0 Å². The van der Waals surface area contributed by atoms with Crippen LogP contribution in [0.4, 0.5) is 5.69 Å². The van der Waals surface area contributed by atoms with Gasteiger partial charge in [0.05, 0.1) is 18.8 Å². The van der Waals surface area contributed by atoms with Crippen LogP contribution in [0.25, 0.3) is 0 Å². The number of hydrogen-bond acceptors (Lipinski definition) is 3. The van der Waals surface area contributed by atoms with E-state index in [1.54, 1.807) is 6.20 Å². The lowest BCUT2D eigenvalue weighted by Crippen LogP contribution is -2.36. The largest absolute Gasteiger partial charge is 0.374 e. The van der Waals surface area contributed by atoms with E-state index in [-0.39, 0.29) is 0 Å². The molecule has 1 aromatic heterocycles. The van der Waals surface area contributed by atoms with E-state index < -0.39 is 0 Å². The summed E-state index contributed by atoms with van der Waals surface area (Å²) < 4.78 is 5.54. The van der Waals surface area contributed by atoms with E-state index in [9.17, 15) is 0 Å². The minimum atomic E-state index is 0.423. The second-order valence-electron chi connectivity index (χ2n) is 3.83. The minimum absolute atomic E-state index is 0.423. The number of nitrogens with zero attached hydrogens (tertiary/aromatic N) is 2. The molecule has 2 atom stereocenters. The van der Waals surface area contributed by atoms with Crippen LogP contribution in [0.5, 0.6) is 0 Å². The lowest BCUT2D eigenvalue weighted by Gasteiger charge is -2.28. The molecule has 2 unspecified atom stereocenters. The van der Waals surface area contributed by atoms with Crippen LogP contribution in [0.15, 0.2) is 18.3 Å². The zero-order chi connectivity index (χ0) is 9.54. The van der Waals surface area contributed by atoms with Crippen molar-refractivity contribution in [2.75, 3.05) is 18.1 Å². The van der Waals surface area contributed by atoms with Crippen molar-refractivity contribution < 1.29 is 4.74 Å². The summed E-state index contributed by atoms with van der Waals surface area (Å²) >= 11 is 5.86. The number of rotatable bonds is 1. The molecule has 3 nitrogen and oxygen atoms in total. The molecule has 4 heteroatoms. The van der Waals surface area contributed by atoms with Crippen LogP contribution < -0.4 is 4.90 Å². The molecule has 2 bridgehead atoms. The molecule has 0 N–H and O–H groups in total. The quantitative estimate of drug-likeness (QED) is 0.660. The van der Waals surface area contributed by atoms with E-state index in [1.165, 1.54) is 5.69 Å². The predicted molar refractivity (Wildman–Crippen MR) is 54.7 cm³/mol. The number of ether oxygens (including phenoxy) is 1. The van der Waals surface area contributed by atoms with Crippen molar-refractivity contribution in [1.29, 1.82) is 0 Å². The second kappa shape index (κ2) is 3.11. The summed E-state index contributed by atoms with van der Waals surface area (Å²) in [5.41, 5.74) is 1.17. The van der Waals surface area contributed by atoms with Crippen molar-refractivity contribution in [2.24, 2.45) is 0 Å². The Balaban J connectivity index is 1.89. The molecule has 0 amide bonds. The molecule has 14 heavy (non-hydrogen) atoms. The first-order chi connectivity index (χ1) is 6.83. The summed E-state index contributed by atoms with van der Waals surface area (Å²) in [4.78, 5) is 6.34. The molecule has 2 saturated heterocycles. The molecule has 0 spiro atoms. The van der Waals surface area contributed by atoms with Gasteiger partial charge in [-0.15, -0.1) is 0 Å². The van der Waals surface area contributed by atoms with Crippen LogP contribution in [0.2, 0.25) is 5.15 Å². The van der Waals surface area contributed by atoms with Crippen molar-refractivity contribution in [2.45, 2.75) is 18.6 Å². The highest BCUT2D eigenvalue weighted by Gasteiger charge is 2.38. The van der Waals surface area contributed by atoms with Crippen LogP contribution >= 0.6 is 11.6 Å². The fourth-order valence-corrected chi connectivity index (χ4v) is 2.45. The van der Waals surface area contributed by atoms with Gasteiger partial charge in [0.1, 0.15) is 5.15 Å². The van der Waals surface area contributed by atoms with Crippen LogP contribution in [0.3, 0.4) is 0 Å². The van der Waals surface area contributed by atoms with Gasteiger partial charge in [-0.2, -0.15) is 0 Å². The Kier molecular flexibility index (Phi) is 1.89. The smallest absolute Gasteiger partial charge is 0.131 e. The van der Waals surface area contributed by atoms with E-state index in [0.29, 0.717) is 17.3 Å². The fourth-order valence-electron chi connectivity index (χ4n) is 2.29. The van der Waals surface area contributed by atoms with Gasteiger partial charge in [-0.25, -0.2) is 4.98 Å². The summed E-state index contributed by atoms with van der Waals surface area (Å²) in [5, 5.41) is 0.561. The first-order valence-corrected chi connectivity index (χ1v) is 5.20. The molecule has 1 aromatic rings. The monoisotopic (exact) mass is 210 g/mol. The second-order valence-corrected chi connectivity index (χ2v) is 4.22. The maximum Gasteiger partial charge on any atom is 0.131 e. The molecule has 2 fully saturated rings. The Morgan fingerprint density at radius 2 is 2.50 bits per heavy atom. The summed E-state index contributed by atoms with van der Waals surface area (Å²) in [7, 11) is 0. The third-order valence-electron chi connectivity index (χ3n) is 2.94. The Hall–Kier alpha value is -0.800. The average molecular weight is 211 g/mol. The van der Waals surface area contributed by atoms with Gasteiger partial charge in [-0.3, -0.25) is 0 Å². The molecule has 3 rings (SSSR count). The highest BCUT2D eigenvalue weighted by Crippen LogP contribution is 2.32. The van der Waals surface area contributed by atoms with Gasteiger partial charge in [-0.1, -0.05) is 11.6 Å². The van der Waals surface area contributed by atoms with Gasteiger partial charge in [0.2, 0.25) is 0 Å². The summed E-state index contributed by atoms with van der Waals surface area (Å²) in [6.07, 6.45) is 3.33. The van der Waals surface area contributed by atoms with Crippen LogP contribution in [0.1, 0.15) is 6.42 Å². The third kappa shape index (κ3) is 1.28. The summed E-state index contributed by atoms with van der Waals surface area (Å²) in [6, 6.07) is 4.47. The third-order valence-corrected chi connectivity index (χ3v) is 3.15. The van der Waals surface area contributed by atoms with Crippen LogP contribution in [0, 0.1) is 0 Å². The lowest BCUT2D eigenvalue weighted by molar-refractivity contribution is 0.0991. The molecule has 74 valence electrons. The summed E-state index contributed by atoms with van der Waals surface area (Å²) in [5.74, 6) is 0. The minimum Gasteiger partial charge on any atom is -0.374 e. The van der Waals surface area contributed by atoms with E-state index in [2.05, 4.69) is 9.88 Å². The van der Waals surface area contributed by atoms with Gasteiger partial charge in [0.15, 0.2) is 0 Å². The standard InChI is InChI=1S/C10H11ClN2O/c11-10-4-7(1-2-12-10)13-5-9-3-8(13)6-14-9/h1-2,4,8-9H,3,5-6H2. The van der Waals surface area contributed by atoms with Gasteiger partial charge in [0.25, 0.3) is 0 Å². The van der Waals surface area contributed by atoms with Crippen molar-refractivity contribution in [3.8, 4) is 0 Å². The Bertz CT molecular complexity index is 358. The Morgan fingerprint density at radius 1 is 1.57 bits per heavy atom. The zero-order valence-corrected chi connectivity index (χ0v) is 8.44. The molecule has 0 aliphatic carbocycles. The molecule has 0 aromatic carbocycles. The topological polar surface area (TPSA) is 25.4 Å². The Labute approximate surface area is 87.6 Å². The highest BCUT2D eigenvalue weighted by atomic mass is 35.5. The maximum absolute atomic E-state index is 5.86.